The average Bonchev–Trinajstić information content (AvgIpc) is 2.40. The number of halogens is 1. The van der Waals surface area contributed by atoms with Crippen LogP contribution in [0, 0.1) is 20.8 Å². The summed E-state index contributed by atoms with van der Waals surface area (Å²) in [6.07, 6.45) is 1.76. The Hall–Kier alpha value is -1.62. The van der Waals surface area contributed by atoms with E-state index in [1.54, 1.807) is 6.20 Å². The number of ether oxygens (including phenoxy) is 1. The van der Waals surface area contributed by atoms with Crippen molar-refractivity contribution in [2.45, 2.75) is 27.7 Å². The van der Waals surface area contributed by atoms with Gasteiger partial charge in [0.1, 0.15) is 5.75 Å². The van der Waals surface area contributed by atoms with Crippen molar-refractivity contribution in [3.8, 4) is 11.6 Å². The quantitative estimate of drug-likeness (QED) is 0.900. The van der Waals surface area contributed by atoms with Crippen LogP contribution in [0.15, 0.2) is 22.8 Å². The SMILES string of the molecule is CCNc1ncc(C)c(Oc2cc(C)c(Br)c(C)c2)n1. The molecule has 1 aromatic heterocycles. The fourth-order valence-electron chi connectivity index (χ4n) is 1.85. The minimum atomic E-state index is 0.581. The molecule has 0 unspecified atom stereocenters. The fraction of sp³-hybridized carbons (Fsp3) is 0.333. The Morgan fingerprint density at radius 3 is 2.40 bits per heavy atom. The second-order valence-corrected chi connectivity index (χ2v) is 5.48. The van der Waals surface area contributed by atoms with Crippen LogP contribution in [-0.2, 0) is 0 Å². The fourth-order valence-corrected chi connectivity index (χ4v) is 2.08. The normalized spacial score (nSPS) is 10.4. The van der Waals surface area contributed by atoms with Crippen LogP contribution in [-0.4, -0.2) is 16.5 Å². The molecule has 0 fully saturated rings. The standard InChI is InChI=1S/C15H18BrN3O/c1-5-17-15-18-8-11(4)14(19-15)20-12-6-9(2)13(16)10(3)7-12/h6-8H,5H2,1-4H3,(H,17,18,19). The lowest BCUT2D eigenvalue weighted by Gasteiger charge is -2.11. The summed E-state index contributed by atoms with van der Waals surface area (Å²) in [4.78, 5) is 8.59. The van der Waals surface area contributed by atoms with Crippen molar-refractivity contribution in [1.29, 1.82) is 0 Å². The second-order valence-electron chi connectivity index (χ2n) is 4.69. The number of aryl methyl sites for hydroxylation is 3. The van der Waals surface area contributed by atoms with Gasteiger partial charge in [0.05, 0.1) is 0 Å². The molecule has 0 saturated heterocycles. The average molecular weight is 336 g/mol. The molecule has 0 amide bonds. The van der Waals surface area contributed by atoms with Crippen LogP contribution in [0.2, 0.25) is 0 Å². The van der Waals surface area contributed by atoms with Gasteiger partial charge in [-0.15, -0.1) is 0 Å². The maximum atomic E-state index is 5.90. The predicted octanol–water partition coefficient (Wildman–Crippen LogP) is 4.39. The first-order chi connectivity index (χ1) is 9.51. The first-order valence-electron chi connectivity index (χ1n) is 6.53. The molecule has 0 spiro atoms. The third-order valence-electron chi connectivity index (χ3n) is 2.88. The van der Waals surface area contributed by atoms with E-state index in [-0.39, 0.29) is 0 Å². The van der Waals surface area contributed by atoms with Crippen molar-refractivity contribution in [2.75, 3.05) is 11.9 Å². The Kier molecular flexibility index (Phi) is 4.60. The molecule has 1 heterocycles. The zero-order chi connectivity index (χ0) is 14.7. The Bertz CT molecular complexity index is 606. The van der Waals surface area contributed by atoms with E-state index in [1.165, 1.54) is 0 Å². The van der Waals surface area contributed by atoms with Gasteiger partial charge < -0.3 is 10.1 Å². The molecule has 0 bridgehead atoms. The molecule has 0 aliphatic heterocycles. The lowest BCUT2D eigenvalue weighted by molar-refractivity contribution is 0.457. The molecule has 1 aromatic carbocycles. The van der Waals surface area contributed by atoms with E-state index in [9.17, 15) is 0 Å². The smallest absolute Gasteiger partial charge is 0.226 e. The van der Waals surface area contributed by atoms with E-state index in [0.717, 1.165) is 33.5 Å². The van der Waals surface area contributed by atoms with Crippen molar-refractivity contribution in [2.24, 2.45) is 0 Å². The summed E-state index contributed by atoms with van der Waals surface area (Å²) in [7, 11) is 0. The van der Waals surface area contributed by atoms with Gasteiger partial charge in [-0.3, -0.25) is 0 Å². The number of rotatable bonds is 4. The molecule has 20 heavy (non-hydrogen) atoms. The van der Waals surface area contributed by atoms with Crippen LogP contribution in [0.3, 0.4) is 0 Å². The van der Waals surface area contributed by atoms with Crippen LogP contribution < -0.4 is 10.1 Å². The summed E-state index contributed by atoms with van der Waals surface area (Å²) < 4.78 is 7.01. The minimum absolute atomic E-state index is 0.581. The van der Waals surface area contributed by atoms with Crippen LogP contribution in [0.5, 0.6) is 11.6 Å². The second kappa shape index (κ2) is 6.22. The van der Waals surface area contributed by atoms with E-state index in [1.807, 2.05) is 39.8 Å². The minimum Gasteiger partial charge on any atom is -0.439 e. The van der Waals surface area contributed by atoms with Gasteiger partial charge in [0.2, 0.25) is 11.8 Å². The molecule has 2 aromatic rings. The van der Waals surface area contributed by atoms with E-state index in [2.05, 4.69) is 31.2 Å². The summed E-state index contributed by atoms with van der Waals surface area (Å²) in [5.41, 5.74) is 3.18. The van der Waals surface area contributed by atoms with Crippen molar-refractivity contribution in [1.82, 2.24) is 9.97 Å². The van der Waals surface area contributed by atoms with Gasteiger partial charge in [0.15, 0.2) is 0 Å². The number of nitrogens with one attached hydrogen (secondary N) is 1. The van der Waals surface area contributed by atoms with Gasteiger partial charge >= 0.3 is 0 Å². The number of anilines is 1. The Balaban J connectivity index is 2.32. The van der Waals surface area contributed by atoms with Crippen molar-refractivity contribution in [3.63, 3.8) is 0 Å². The summed E-state index contributed by atoms with van der Waals surface area (Å²) in [6.45, 7) is 8.80. The summed E-state index contributed by atoms with van der Waals surface area (Å²) in [5, 5.41) is 3.08. The van der Waals surface area contributed by atoms with Crippen molar-refractivity contribution < 1.29 is 4.74 Å². The highest BCUT2D eigenvalue weighted by atomic mass is 79.9. The molecule has 0 radical (unpaired) electrons. The topological polar surface area (TPSA) is 47.0 Å². The van der Waals surface area contributed by atoms with Crippen LogP contribution in [0.1, 0.15) is 23.6 Å². The molecular weight excluding hydrogens is 318 g/mol. The molecule has 5 heteroatoms. The highest BCUT2D eigenvalue weighted by molar-refractivity contribution is 9.10. The summed E-state index contributed by atoms with van der Waals surface area (Å²) in [6, 6.07) is 3.98. The summed E-state index contributed by atoms with van der Waals surface area (Å²) in [5.74, 6) is 1.95. The lowest BCUT2D eigenvalue weighted by atomic mass is 10.1. The Labute approximate surface area is 127 Å². The molecule has 106 valence electrons. The molecule has 2 rings (SSSR count). The van der Waals surface area contributed by atoms with Crippen LogP contribution in [0.25, 0.3) is 0 Å². The maximum absolute atomic E-state index is 5.90. The number of benzene rings is 1. The van der Waals surface area contributed by atoms with E-state index < -0.39 is 0 Å². The van der Waals surface area contributed by atoms with Gasteiger partial charge in [0, 0.05) is 22.8 Å². The first-order valence-corrected chi connectivity index (χ1v) is 7.32. The third-order valence-corrected chi connectivity index (χ3v) is 4.14. The highest BCUT2D eigenvalue weighted by Gasteiger charge is 2.08. The number of nitrogens with zero attached hydrogens (tertiary/aromatic N) is 2. The number of hydrogen-bond donors (Lipinski definition) is 1. The van der Waals surface area contributed by atoms with Gasteiger partial charge in [-0.05, 0) is 51.0 Å². The lowest BCUT2D eigenvalue weighted by Crippen LogP contribution is -2.03. The van der Waals surface area contributed by atoms with Gasteiger partial charge in [-0.25, -0.2) is 4.98 Å². The van der Waals surface area contributed by atoms with E-state index in [4.69, 9.17) is 4.74 Å². The molecule has 0 aliphatic rings. The van der Waals surface area contributed by atoms with Gasteiger partial charge in [-0.1, -0.05) is 15.9 Å². The third kappa shape index (κ3) is 3.28. The predicted molar refractivity (Wildman–Crippen MR) is 84.6 cm³/mol. The maximum Gasteiger partial charge on any atom is 0.226 e. The molecule has 0 aliphatic carbocycles. The van der Waals surface area contributed by atoms with Gasteiger partial charge in [-0.2, -0.15) is 4.98 Å². The molecule has 4 nitrogen and oxygen atoms in total. The molecule has 0 saturated carbocycles. The van der Waals surface area contributed by atoms with E-state index >= 15 is 0 Å². The van der Waals surface area contributed by atoms with Gasteiger partial charge in [0.25, 0.3) is 0 Å². The Morgan fingerprint density at radius 1 is 1.15 bits per heavy atom. The largest absolute Gasteiger partial charge is 0.439 e. The van der Waals surface area contributed by atoms with Crippen molar-refractivity contribution in [3.05, 3.63) is 39.5 Å². The van der Waals surface area contributed by atoms with E-state index in [0.29, 0.717) is 11.8 Å². The molecular formula is C15H18BrN3O. The molecule has 0 atom stereocenters. The summed E-state index contributed by atoms with van der Waals surface area (Å²) >= 11 is 3.55. The van der Waals surface area contributed by atoms with Crippen LogP contribution in [0.4, 0.5) is 5.95 Å². The first kappa shape index (κ1) is 14.8. The van der Waals surface area contributed by atoms with Crippen LogP contribution >= 0.6 is 15.9 Å². The molecule has 1 N–H and O–H groups in total. The number of aromatic nitrogens is 2. The number of hydrogen-bond acceptors (Lipinski definition) is 4. The highest BCUT2D eigenvalue weighted by Crippen LogP contribution is 2.30. The zero-order valence-corrected chi connectivity index (χ0v) is 13.7. The zero-order valence-electron chi connectivity index (χ0n) is 12.1. The monoisotopic (exact) mass is 335 g/mol. The van der Waals surface area contributed by atoms with Crippen molar-refractivity contribution >= 4 is 21.9 Å². The Morgan fingerprint density at radius 2 is 1.80 bits per heavy atom.